The number of esters is 1. The highest BCUT2D eigenvalue weighted by Gasteiger charge is 2.22. The Kier molecular flexibility index (Phi) is 9.23. The van der Waals surface area contributed by atoms with Crippen molar-refractivity contribution in [3.8, 4) is 11.5 Å². The second kappa shape index (κ2) is 11.9. The zero-order chi connectivity index (χ0) is 22.8. The summed E-state index contributed by atoms with van der Waals surface area (Å²) in [5.74, 6) is -1.45. The third-order valence-corrected chi connectivity index (χ3v) is 4.27. The third-order valence-electron chi connectivity index (χ3n) is 4.27. The van der Waals surface area contributed by atoms with Gasteiger partial charge in [-0.25, -0.2) is 4.79 Å². The maximum absolute atomic E-state index is 12.8. The number of aliphatic hydroxyl groups excluding tert-OH is 1. The summed E-state index contributed by atoms with van der Waals surface area (Å²) >= 11 is 0. The number of aliphatic hydroxyl groups is 1. The van der Waals surface area contributed by atoms with E-state index in [0.29, 0.717) is 6.42 Å². The van der Waals surface area contributed by atoms with Crippen molar-refractivity contribution in [2.75, 3.05) is 13.2 Å². The lowest BCUT2D eigenvalue weighted by Gasteiger charge is -2.17. The lowest BCUT2D eigenvalue weighted by atomic mass is 10.0. The summed E-state index contributed by atoms with van der Waals surface area (Å²) in [4.78, 5) is 40.0. The molecule has 9 nitrogen and oxygen atoms in total. The molecule has 31 heavy (non-hydrogen) atoms. The molecule has 168 valence electrons. The zero-order valence-corrected chi connectivity index (χ0v) is 17.5. The number of hydrogen-bond donors (Lipinski definition) is 3. The molecule has 1 aliphatic heterocycles. The number of allylic oxidation sites excluding steroid dienone is 1. The number of ketones is 1. The molecule has 0 amide bonds. The van der Waals surface area contributed by atoms with E-state index in [9.17, 15) is 24.6 Å². The van der Waals surface area contributed by atoms with E-state index in [4.69, 9.17) is 9.47 Å². The Bertz CT molecular complexity index is 861. The Hall–Kier alpha value is -3.17. The average Bonchev–Trinajstić information content (AvgIpc) is 2.68. The number of benzene rings is 1. The monoisotopic (exact) mass is 433 g/mol. The van der Waals surface area contributed by atoms with Gasteiger partial charge in [-0.1, -0.05) is 18.2 Å². The van der Waals surface area contributed by atoms with Crippen LogP contribution in [0.1, 0.15) is 49.0 Å². The Balaban J connectivity index is 2.31. The van der Waals surface area contributed by atoms with Crippen LogP contribution in [0.4, 0.5) is 0 Å². The quantitative estimate of drug-likeness (QED) is 0.363. The van der Waals surface area contributed by atoms with E-state index in [0.717, 1.165) is 0 Å². The third kappa shape index (κ3) is 7.88. The molecule has 1 aliphatic rings. The van der Waals surface area contributed by atoms with Gasteiger partial charge in [-0.2, -0.15) is 0 Å². The molecule has 1 aromatic rings. The molecule has 3 N–H and O–H groups in total. The van der Waals surface area contributed by atoms with Gasteiger partial charge in [0.15, 0.2) is 5.78 Å². The summed E-state index contributed by atoms with van der Waals surface area (Å²) in [5.41, 5.74) is 2.64. The van der Waals surface area contributed by atoms with Crippen molar-refractivity contribution in [3.05, 3.63) is 41.5 Å². The van der Waals surface area contributed by atoms with Crippen molar-refractivity contribution < 1.29 is 38.9 Å². The molecule has 2 atom stereocenters. The minimum Gasteiger partial charge on any atom is -0.507 e. The predicted molar refractivity (Wildman–Crippen MR) is 111 cm³/mol. The summed E-state index contributed by atoms with van der Waals surface area (Å²) in [6.45, 7) is 3.22. The Morgan fingerprint density at radius 1 is 1.23 bits per heavy atom. The first kappa shape index (κ1) is 24.1. The van der Waals surface area contributed by atoms with E-state index in [2.05, 4.69) is 10.3 Å². The molecule has 0 radical (unpaired) electrons. The van der Waals surface area contributed by atoms with Crippen molar-refractivity contribution in [1.29, 1.82) is 0 Å². The Morgan fingerprint density at radius 3 is 2.71 bits per heavy atom. The van der Waals surface area contributed by atoms with E-state index >= 15 is 0 Å². The van der Waals surface area contributed by atoms with E-state index < -0.39 is 24.1 Å². The van der Waals surface area contributed by atoms with Gasteiger partial charge in [-0.05, 0) is 31.6 Å². The van der Waals surface area contributed by atoms with Gasteiger partial charge in [0.25, 0.3) is 0 Å². The topological polar surface area (TPSA) is 131 Å². The summed E-state index contributed by atoms with van der Waals surface area (Å²) < 4.78 is 11.1. The molecule has 0 unspecified atom stereocenters. The fraction of sp³-hybridized carbons (Fsp3) is 0.409. The molecule has 1 aromatic carbocycles. The van der Waals surface area contributed by atoms with Gasteiger partial charge in [0.05, 0.1) is 12.6 Å². The standard InChI is InChI=1S/C22H27NO8/c1-14-5-3-6-16(25)13-17(26)7-4-8-18-20(29-12-11-23-31-15(2)24)10-9-19(27)21(18)22(28)30-14/h3-4,6,8-10,14,17,23,26-27H,5,7,11-13H2,1-2H3/b6-3-,8-4+/t14-,17-/m0/s1. The number of hydroxylamine groups is 1. The van der Waals surface area contributed by atoms with Gasteiger partial charge in [0.2, 0.25) is 0 Å². The number of hydrogen-bond acceptors (Lipinski definition) is 9. The lowest BCUT2D eigenvalue weighted by Crippen LogP contribution is -2.24. The highest BCUT2D eigenvalue weighted by Crippen LogP contribution is 2.32. The molecular weight excluding hydrogens is 406 g/mol. The van der Waals surface area contributed by atoms with Crippen LogP contribution >= 0.6 is 0 Å². The smallest absolute Gasteiger partial charge is 0.342 e. The van der Waals surface area contributed by atoms with Crippen molar-refractivity contribution in [3.63, 3.8) is 0 Å². The summed E-state index contributed by atoms with van der Waals surface area (Å²) in [6.07, 6.45) is 5.07. The number of carbonyl (C=O) groups excluding carboxylic acids is 3. The van der Waals surface area contributed by atoms with Crippen molar-refractivity contribution in [2.24, 2.45) is 0 Å². The van der Waals surface area contributed by atoms with Crippen LogP contribution in [0.5, 0.6) is 11.5 Å². The minimum atomic E-state index is -0.890. The van der Waals surface area contributed by atoms with Crippen LogP contribution in [0.15, 0.2) is 30.4 Å². The van der Waals surface area contributed by atoms with Crippen LogP contribution < -0.4 is 10.2 Å². The van der Waals surface area contributed by atoms with E-state index in [-0.39, 0.29) is 54.4 Å². The number of ether oxygens (including phenoxy) is 2. The van der Waals surface area contributed by atoms with Gasteiger partial charge in [-0.15, -0.1) is 5.48 Å². The number of phenolic OH excluding ortho intramolecular Hbond substituents is 1. The first-order chi connectivity index (χ1) is 14.8. The van der Waals surface area contributed by atoms with Gasteiger partial charge in [0, 0.05) is 25.3 Å². The van der Waals surface area contributed by atoms with Crippen molar-refractivity contribution >= 4 is 23.8 Å². The van der Waals surface area contributed by atoms with Crippen molar-refractivity contribution in [1.82, 2.24) is 5.48 Å². The molecular formula is C22H27NO8. The minimum absolute atomic E-state index is 0.0346. The predicted octanol–water partition coefficient (Wildman–Crippen LogP) is 2.07. The molecule has 0 saturated heterocycles. The van der Waals surface area contributed by atoms with Crippen LogP contribution in [-0.2, 0) is 19.2 Å². The number of carbonyl (C=O) groups is 3. The van der Waals surface area contributed by atoms with Gasteiger partial charge in [0.1, 0.15) is 29.8 Å². The fourth-order valence-electron chi connectivity index (χ4n) is 2.86. The second-order valence-electron chi connectivity index (χ2n) is 7.02. The first-order valence-electron chi connectivity index (χ1n) is 9.92. The second-order valence-corrected chi connectivity index (χ2v) is 7.02. The van der Waals surface area contributed by atoms with Crippen LogP contribution in [0.25, 0.3) is 6.08 Å². The number of aromatic hydroxyl groups is 1. The molecule has 0 fully saturated rings. The zero-order valence-electron chi connectivity index (χ0n) is 17.5. The highest BCUT2D eigenvalue weighted by molar-refractivity contribution is 5.98. The molecule has 0 saturated carbocycles. The van der Waals surface area contributed by atoms with Crippen molar-refractivity contribution in [2.45, 2.75) is 45.3 Å². The molecule has 0 spiro atoms. The number of rotatable bonds is 5. The Labute approximate surface area is 180 Å². The van der Waals surface area contributed by atoms with Gasteiger partial charge in [-0.3, -0.25) is 9.59 Å². The van der Waals surface area contributed by atoms with E-state index in [1.807, 2.05) is 0 Å². The van der Waals surface area contributed by atoms with Crippen LogP contribution in [0, 0.1) is 0 Å². The largest absolute Gasteiger partial charge is 0.507 e. The fourth-order valence-corrected chi connectivity index (χ4v) is 2.86. The molecule has 9 heteroatoms. The van der Waals surface area contributed by atoms with Crippen LogP contribution in [0.2, 0.25) is 0 Å². The molecule has 1 heterocycles. The van der Waals surface area contributed by atoms with Gasteiger partial charge < -0.3 is 24.5 Å². The number of cyclic esters (lactones) is 1. The number of nitrogens with one attached hydrogen (secondary N) is 1. The maximum atomic E-state index is 12.8. The van der Waals surface area contributed by atoms with Crippen LogP contribution in [-0.4, -0.2) is 53.3 Å². The van der Waals surface area contributed by atoms with Crippen LogP contribution in [0.3, 0.4) is 0 Å². The molecule has 2 rings (SSSR count). The lowest BCUT2D eigenvalue weighted by molar-refractivity contribution is -0.148. The summed E-state index contributed by atoms with van der Waals surface area (Å²) in [5, 5.41) is 20.4. The molecule has 0 aliphatic carbocycles. The summed E-state index contributed by atoms with van der Waals surface area (Å²) in [6, 6.07) is 2.82. The van der Waals surface area contributed by atoms with E-state index in [1.165, 1.54) is 31.2 Å². The highest BCUT2D eigenvalue weighted by atomic mass is 16.7. The SMILES string of the molecule is CC(=O)ONCCOc1ccc(O)c2c1/C=C/C[C@H](O)CC(=O)/C=C\C[C@H](C)OC2=O. The first-order valence-corrected chi connectivity index (χ1v) is 9.92. The number of fused-ring (bicyclic) bond motifs is 1. The van der Waals surface area contributed by atoms with Gasteiger partial charge >= 0.3 is 11.9 Å². The molecule has 0 bridgehead atoms. The normalized spacial score (nSPS) is 21.9. The average molecular weight is 433 g/mol. The summed E-state index contributed by atoms with van der Waals surface area (Å²) in [7, 11) is 0. The molecule has 0 aromatic heterocycles. The Morgan fingerprint density at radius 2 is 1.97 bits per heavy atom. The maximum Gasteiger partial charge on any atom is 0.342 e. The number of phenols is 1. The van der Waals surface area contributed by atoms with E-state index in [1.54, 1.807) is 19.1 Å².